The standard InChI is InChI=1S/C20H20N6O.C15H15F3N6.C15H18N6.C14H16N6.C13H13BrN6.C12H11ClN6.C10H16N6/c1-21-20-24-23-19-18(22-12-13-25(19)20)26(14-15-6-4-3-5-7-15)16-8-10-17(27-2)11-9-16;1-9-5-10(7-11(6-9)15(16,17)18)8-21-12-13-22-23-14(19-2)24(13)4-3-20-12;1-10-5-4-6-12(11(10)2)9-18-13-14-19-20-15(16-3)21(14)8-7-17-13;1-10-4-6-11(7-5-10)19(3)12-13-17-18-14(15-2)20(13)9-8-16-12;1-15-13-19-18-12-11(16-6-7-20(12)13)17-8-9-2-4-10(14)5-3-9;1-14-12-18-17-11-10(15-5-6-19(11)12)16-9-4-2-3-8(13)7-9;1-4-6-15(3)8-9-13-14-10(11-2)16(9)7-5-12-8/h3-13H,14H2,1-2H3,(H,21,24);3-7H,8H2,1-2H3,(H,19,23)(H,20,21);4-8H,9H2,1-3H3,(H,16,20)(H,17,18);4-9H,1-3H3,(H,15,18);2-7H,8H2,1H3,(H,15,19)(H,16,17);2-7H,1H3,(H,14,18)(H,15,16);5,7H,4,6H2,1-3H3,(H,11,14). The van der Waals surface area contributed by atoms with Gasteiger partial charge in [0.05, 0.1) is 12.7 Å². The highest BCUT2D eigenvalue weighted by atomic mass is 79.9. The van der Waals surface area contributed by atoms with Gasteiger partial charge in [0, 0.05) is 209 Å². The van der Waals surface area contributed by atoms with Gasteiger partial charge in [-0.25, -0.2) is 34.9 Å². The normalized spacial score (nSPS) is 10.9. The van der Waals surface area contributed by atoms with Crippen molar-refractivity contribution in [2.45, 2.75) is 73.4 Å². The van der Waals surface area contributed by atoms with Crippen LogP contribution in [0.5, 0.6) is 5.75 Å². The number of halogens is 5. The number of alkyl halides is 3. The van der Waals surface area contributed by atoms with Crippen LogP contribution in [0.15, 0.2) is 255 Å². The van der Waals surface area contributed by atoms with Gasteiger partial charge in [-0.1, -0.05) is 131 Å². The fourth-order valence-corrected chi connectivity index (χ4v) is 15.7. The summed E-state index contributed by atoms with van der Waals surface area (Å²) in [6.07, 6.45) is 21.4. The summed E-state index contributed by atoms with van der Waals surface area (Å²) < 4.78 is 58.0. The number of nitrogens with zero attached hydrogens (tertiary/aromatic N) is 31. The molecule has 0 spiro atoms. The predicted molar refractivity (Wildman–Crippen MR) is 573 cm³/mol. The van der Waals surface area contributed by atoms with E-state index in [0.717, 1.165) is 92.9 Å². The molecule has 0 aliphatic carbocycles. The molecule has 0 atom stereocenters. The van der Waals surface area contributed by atoms with Crippen LogP contribution >= 0.6 is 27.5 Å². The fourth-order valence-electron chi connectivity index (χ4n) is 15.2. The number of benzene rings is 7. The average molecular weight is 2080 g/mol. The van der Waals surface area contributed by atoms with Crippen molar-refractivity contribution in [2.75, 3.05) is 150 Å². The number of hydrogen-bond acceptors (Lipinski definition) is 36. The lowest BCUT2D eigenvalue weighted by Crippen LogP contribution is -2.20. The minimum atomic E-state index is -4.37. The summed E-state index contributed by atoms with van der Waals surface area (Å²) >= 11 is 9.38. The van der Waals surface area contributed by atoms with Crippen molar-refractivity contribution >= 4 is 166 Å². The largest absolute Gasteiger partial charge is 0.497 e. The third-order valence-electron chi connectivity index (χ3n) is 22.8. The number of ether oxygens (including phenoxy) is 1. The third-order valence-corrected chi connectivity index (χ3v) is 23.6. The molecule has 0 saturated heterocycles. The molecule has 48 heteroatoms. The molecule has 21 rings (SSSR count). The molecule has 21 aromatic rings. The first-order valence-electron chi connectivity index (χ1n) is 46.2. The highest BCUT2D eigenvalue weighted by molar-refractivity contribution is 9.10. The van der Waals surface area contributed by atoms with Gasteiger partial charge in [-0.05, 0) is 146 Å². The van der Waals surface area contributed by atoms with E-state index in [1.807, 2.05) is 190 Å². The number of aromatic nitrogens is 28. The molecular formula is C99H109BrClF3N42O. The molecule has 7 aromatic carbocycles. The Morgan fingerprint density at radius 3 is 1.25 bits per heavy atom. The van der Waals surface area contributed by atoms with E-state index in [-0.39, 0.29) is 6.54 Å². The third kappa shape index (κ3) is 25.0. The molecule has 0 unspecified atom stereocenters. The van der Waals surface area contributed by atoms with E-state index in [1.54, 1.807) is 94.4 Å². The molecule has 43 nitrogen and oxygen atoms in total. The number of rotatable bonds is 28. The molecule has 0 radical (unpaired) electrons. The second-order valence-electron chi connectivity index (χ2n) is 32.6. The van der Waals surface area contributed by atoms with E-state index in [2.05, 4.69) is 285 Å². The molecule has 14 aromatic heterocycles. The second-order valence-corrected chi connectivity index (χ2v) is 34.0. The van der Waals surface area contributed by atoms with Crippen molar-refractivity contribution in [1.29, 1.82) is 0 Å². The van der Waals surface area contributed by atoms with Gasteiger partial charge in [-0.2, -0.15) is 13.2 Å². The van der Waals surface area contributed by atoms with Gasteiger partial charge in [0.1, 0.15) is 5.75 Å². The molecule has 147 heavy (non-hydrogen) atoms. The van der Waals surface area contributed by atoms with Gasteiger partial charge in [-0.3, -0.25) is 30.8 Å². The van der Waals surface area contributed by atoms with E-state index in [4.69, 9.17) is 16.3 Å². The Morgan fingerprint density at radius 2 is 0.789 bits per heavy atom. The maximum absolute atomic E-state index is 12.9. The van der Waals surface area contributed by atoms with E-state index in [9.17, 15) is 13.2 Å². The summed E-state index contributed by atoms with van der Waals surface area (Å²) in [5.74, 6) is 10.4. The van der Waals surface area contributed by atoms with Crippen LogP contribution in [0.25, 0.3) is 39.5 Å². The van der Waals surface area contributed by atoms with Gasteiger partial charge in [0.15, 0.2) is 40.7 Å². The van der Waals surface area contributed by atoms with Gasteiger partial charge < -0.3 is 77.9 Å². The Kier molecular flexibility index (Phi) is 34.2. The summed E-state index contributed by atoms with van der Waals surface area (Å²) in [6.45, 7) is 13.3. The van der Waals surface area contributed by atoms with Crippen LogP contribution in [-0.4, -0.2) is 214 Å². The summed E-state index contributed by atoms with van der Waals surface area (Å²) in [4.78, 5) is 36.7. The maximum atomic E-state index is 12.9. The van der Waals surface area contributed by atoms with Crippen LogP contribution in [0.4, 0.5) is 113 Å². The molecule has 0 aliphatic rings. The minimum Gasteiger partial charge on any atom is -0.497 e. The van der Waals surface area contributed by atoms with Crippen LogP contribution in [0.1, 0.15) is 63.4 Å². The van der Waals surface area contributed by atoms with Crippen molar-refractivity contribution in [2.24, 2.45) is 0 Å². The molecular weight excluding hydrogens is 1970 g/mol. The lowest BCUT2D eigenvalue weighted by atomic mass is 10.0. The number of nitrogens with one attached hydrogen (secondary N) is 11. The van der Waals surface area contributed by atoms with Crippen LogP contribution < -0.4 is 77.9 Å². The maximum Gasteiger partial charge on any atom is 0.416 e. The topological polar surface area (TPSA) is 453 Å². The first-order chi connectivity index (χ1) is 71.4. The second kappa shape index (κ2) is 48.6. The summed E-state index contributed by atoms with van der Waals surface area (Å²) in [7, 11) is 18.3. The number of hydrogen-bond donors (Lipinski definition) is 11. The molecule has 14 heterocycles. The zero-order valence-corrected chi connectivity index (χ0v) is 85.4. The molecule has 756 valence electrons. The first kappa shape index (κ1) is 103. The van der Waals surface area contributed by atoms with E-state index >= 15 is 0 Å². The van der Waals surface area contributed by atoms with Crippen LogP contribution in [0.3, 0.4) is 0 Å². The van der Waals surface area contributed by atoms with Gasteiger partial charge in [0.2, 0.25) is 81.2 Å². The van der Waals surface area contributed by atoms with E-state index in [0.29, 0.717) is 117 Å². The number of methoxy groups -OCH3 is 1. The van der Waals surface area contributed by atoms with Crippen LogP contribution in [-0.2, 0) is 32.4 Å². The molecule has 0 aliphatic heterocycles. The quantitative estimate of drug-likeness (QED) is 0.0217. The Morgan fingerprint density at radius 1 is 0.381 bits per heavy atom. The summed E-state index contributed by atoms with van der Waals surface area (Å²) in [5, 5.41) is 92.0. The summed E-state index contributed by atoms with van der Waals surface area (Å²) in [6, 6.07) is 52.3. The highest BCUT2D eigenvalue weighted by Crippen LogP contribution is 2.35. The average Bonchev–Trinajstić information content (AvgIpc) is 1.68. The number of fused-ring (bicyclic) bond motifs is 7. The van der Waals surface area contributed by atoms with Crippen LogP contribution in [0, 0.1) is 27.7 Å². The van der Waals surface area contributed by atoms with Crippen molar-refractivity contribution in [3.8, 4) is 5.75 Å². The smallest absolute Gasteiger partial charge is 0.416 e. The summed E-state index contributed by atoms with van der Waals surface area (Å²) in [5.41, 5.74) is 15.5. The Labute approximate surface area is 856 Å². The Balaban J connectivity index is 0.000000129. The Hall–Kier alpha value is -18.0. The molecule has 11 N–H and O–H groups in total. The molecule has 0 fully saturated rings. The first-order valence-corrected chi connectivity index (χ1v) is 47.4. The molecule has 0 amide bonds. The van der Waals surface area contributed by atoms with Crippen LogP contribution in [0.2, 0.25) is 5.02 Å². The van der Waals surface area contributed by atoms with Gasteiger partial charge in [-0.15, -0.1) is 71.4 Å². The lowest BCUT2D eigenvalue weighted by Gasteiger charge is -2.24. The fraction of sp³-hybridized carbons (Fsp3) is 0.222. The van der Waals surface area contributed by atoms with Crippen molar-refractivity contribution < 1.29 is 17.9 Å². The molecule has 0 saturated carbocycles. The van der Waals surface area contributed by atoms with Gasteiger partial charge >= 0.3 is 6.18 Å². The highest BCUT2D eigenvalue weighted by Gasteiger charge is 2.31. The SMILES string of the molecule is CCCN(C)c1nccn2c(NC)nnc12.CNc1nnc2c(N(C)c3ccc(C)cc3)nccn12.CNc1nnc2c(N(Cc3ccccc3)c3ccc(OC)cc3)nccn12.CNc1nnc2c(NCc3cc(C)cc(C(F)(F)F)c3)nccn12.CNc1nnc2c(NCc3ccc(Br)cc3)nccn12.CNc1nnc2c(NCc3cccc(C)c3C)nccn12.CNc1nnc2c(Nc3cccc(Cl)c3)nccn12. The number of aryl methyl sites for hydroxylation is 3. The van der Waals surface area contributed by atoms with E-state index in [1.165, 1.54) is 33.4 Å². The van der Waals surface area contributed by atoms with Crippen molar-refractivity contribution in [3.05, 3.63) is 310 Å². The van der Waals surface area contributed by atoms with Gasteiger partial charge in [0.25, 0.3) is 0 Å². The monoisotopic (exact) mass is 2070 g/mol. The zero-order chi connectivity index (χ0) is 104. The number of anilines is 17. The molecule has 0 bridgehead atoms. The lowest BCUT2D eigenvalue weighted by molar-refractivity contribution is -0.137. The Bertz CT molecular complexity index is 7920. The van der Waals surface area contributed by atoms with E-state index < -0.39 is 11.7 Å². The minimum absolute atomic E-state index is 0.194. The van der Waals surface area contributed by atoms with Crippen molar-refractivity contribution in [3.63, 3.8) is 0 Å². The van der Waals surface area contributed by atoms with Crippen molar-refractivity contribution in [1.82, 2.24) is 137 Å². The predicted octanol–water partition coefficient (Wildman–Crippen LogP) is 17.4. The zero-order valence-electron chi connectivity index (χ0n) is 83.1.